The van der Waals surface area contributed by atoms with Gasteiger partial charge in [0.25, 0.3) is 0 Å². The van der Waals surface area contributed by atoms with Gasteiger partial charge in [0.1, 0.15) is 11.8 Å². The smallest absolute Gasteiger partial charge is 0.323 e. The number of amides is 1. The predicted molar refractivity (Wildman–Crippen MR) is 70.6 cm³/mol. The number of aryl methyl sites for hydroxylation is 1. The molecule has 96 valence electrons. The minimum Gasteiger partial charge on any atom is -0.480 e. The Balaban J connectivity index is 2.20. The molecule has 0 radical (unpaired) electrons. The molecule has 1 heterocycles. The lowest BCUT2D eigenvalue weighted by Gasteiger charge is -2.27. The molecule has 0 aliphatic carbocycles. The van der Waals surface area contributed by atoms with Gasteiger partial charge < -0.3 is 10.0 Å². The van der Waals surface area contributed by atoms with Crippen LogP contribution in [0.25, 0.3) is 0 Å². The molecule has 18 heavy (non-hydrogen) atoms. The van der Waals surface area contributed by atoms with Crippen molar-refractivity contribution in [3.05, 3.63) is 35.4 Å². The first-order valence-corrected chi connectivity index (χ1v) is 6.80. The highest BCUT2D eigenvalue weighted by Crippen LogP contribution is 2.37. The number of fused-ring (bicyclic) bond motifs is 1. The fraction of sp³-hybridized carbons (Fsp3) is 0.385. The number of nitrogens with zero attached hydrogens (tertiary/aromatic N) is 1. The molecule has 1 aromatic carbocycles. The van der Waals surface area contributed by atoms with Crippen LogP contribution >= 0.6 is 11.8 Å². The van der Waals surface area contributed by atoms with Crippen molar-refractivity contribution in [2.24, 2.45) is 0 Å². The number of carboxylic acids is 1. The highest BCUT2D eigenvalue weighted by Gasteiger charge is 2.29. The van der Waals surface area contributed by atoms with E-state index in [4.69, 9.17) is 5.11 Å². The van der Waals surface area contributed by atoms with E-state index in [0.29, 0.717) is 0 Å². The van der Waals surface area contributed by atoms with Crippen LogP contribution in [-0.4, -0.2) is 41.2 Å². The van der Waals surface area contributed by atoms with Crippen LogP contribution in [0.4, 0.5) is 0 Å². The molecule has 1 N–H and O–H groups in total. The van der Waals surface area contributed by atoms with Gasteiger partial charge in [0.2, 0.25) is 5.91 Å². The Kier molecular flexibility index (Phi) is 3.91. The molecule has 1 aromatic rings. The van der Waals surface area contributed by atoms with Crippen molar-refractivity contribution in [3.8, 4) is 0 Å². The zero-order valence-corrected chi connectivity index (χ0v) is 10.9. The number of hydrogen-bond acceptors (Lipinski definition) is 3. The molecule has 1 aliphatic rings. The van der Waals surface area contributed by atoms with Gasteiger partial charge in [0.05, 0.1) is 0 Å². The standard InChI is InChI=1S/C13H15NO3S/c1-14(8-11(15)16)13(17)12-10-5-3-2-4-9(10)6-7-18-12/h2-5,12H,6-8H2,1H3,(H,15,16). The first-order chi connectivity index (χ1) is 8.59. The Morgan fingerprint density at radius 3 is 2.89 bits per heavy atom. The summed E-state index contributed by atoms with van der Waals surface area (Å²) in [5, 5.41) is 8.46. The van der Waals surface area contributed by atoms with Crippen LogP contribution in [-0.2, 0) is 16.0 Å². The van der Waals surface area contributed by atoms with Crippen LogP contribution in [0.2, 0.25) is 0 Å². The summed E-state index contributed by atoms with van der Waals surface area (Å²) in [7, 11) is 1.54. The summed E-state index contributed by atoms with van der Waals surface area (Å²) in [6.45, 7) is -0.252. The maximum Gasteiger partial charge on any atom is 0.323 e. The van der Waals surface area contributed by atoms with Crippen molar-refractivity contribution in [2.75, 3.05) is 19.3 Å². The normalized spacial score (nSPS) is 17.9. The van der Waals surface area contributed by atoms with E-state index < -0.39 is 5.97 Å². The summed E-state index contributed by atoms with van der Waals surface area (Å²) < 4.78 is 0. The van der Waals surface area contributed by atoms with E-state index in [1.807, 2.05) is 24.3 Å². The number of carbonyl (C=O) groups excluding carboxylic acids is 1. The van der Waals surface area contributed by atoms with Crippen LogP contribution in [0, 0.1) is 0 Å². The van der Waals surface area contributed by atoms with Gasteiger partial charge in [-0.05, 0) is 23.3 Å². The van der Waals surface area contributed by atoms with Gasteiger partial charge in [-0.15, -0.1) is 11.8 Å². The third-order valence-electron chi connectivity index (χ3n) is 2.97. The van der Waals surface area contributed by atoms with Gasteiger partial charge in [0.15, 0.2) is 0 Å². The molecule has 0 fully saturated rings. The Bertz CT molecular complexity index is 475. The molecule has 1 aliphatic heterocycles. The number of thioether (sulfide) groups is 1. The second-order valence-corrected chi connectivity index (χ2v) is 5.50. The van der Waals surface area contributed by atoms with Crippen LogP contribution in [0.1, 0.15) is 16.4 Å². The second-order valence-electron chi connectivity index (χ2n) is 4.29. The van der Waals surface area contributed by atoms with Crippen LogP contribution < -0.4 is 0 Å². The topological polar surface area (TPSA) is 57.6 Å². The molecule has 1 atom stereocenters. The van der Waals surface area contributed by atoms with Crippen molar-refractivity contribution in [1.29, 1.82) is 0 Å². The fourth-order valence-corrected chi connectivity index (χ4v) is 3.38. The lowest BCUT2D eigenvalue weighted by Crippen LogP contribution is -2.35. The van der Waals surface area contributed by atoms with Gasteiger partial charge in [-0.3, -0.25) is 9.59 Å². The number of aliphatic carboxylic acids is 1. The SMILES string of the molecule is CN(CC(=O)O)C(=O)C1SCCc2ccccc21. The Morgan fingerprint density at radius 1 is 1.44 bits per heavy atom. The molecule has 0 aromatic heterocycles. The quantitative estimate of drug-likeness (QED) is 0.901. The molecule has 1 amide bonds. The van der Waals surface area contributed by atoms with Crippen LogP contribution in [0.5, 0.6) is 0 Å². The summed E-state index contributed by atoms with van der Waals surface area (Å²) in [5.74, 6) is -0.219. The largest absolute Gasteiger partial charge is 0.480 e. The molecular formula is C13H15NO3S. The number of hydrogen-bond donors (Lipinski definition) is 1. The second kappa shape index (κ2) is 5.44. The third kappa shape index (κ3) is 2.67. The zero-order chi connectivity index (χ0) is 13.1. The minimum atomic E-state index is -0.986. The maximum absolute atomic E-state index is 12.2. The van der Waals surface area contributed by atoms with Gasteiger partial charge in [0, 0.05) is 7.05 Å². The molecule has 2 rings (SSSR count). The summed E-state index contributed by atoms with van der Waals surface area (Å²) in [6, 6.07) is 7.88. The van der Waals surface area contributed by atoms with Gasteiger partial charge >= 0.3 is 5.97 Å². The fourth-order valence-electron chi connectivity index (χ4n) is 2.08. The predicted octanol–water partition coefficient (Wildman–Crippen LogP) is 1.56. The number of rotatable bonds is 3. The van der Waals surface area contributed by atoms with E-state index in [9.17, 15) is 9.59 Å². The van der Waals surface area contributed by atoms with E-state index >= 15 is 0 Å². The van der Waals surface area contributed by atoms with E-state index in [2.05, 4.69) is 0 Å². The number of benzene rings is 1. The van der Waals surface area contributed by atoms with Crippen molar-refractivity contribution in [2.45, 2.75) is 11.7 Å². The molecule has 0 saturated carbocycles. The van der Waals surface area contributed by atoms with Gasteiger partial charge in [-0.2, -0.15) is 0 Å². The first-order valence-electron chi connectivity index (χ1n) is 5.76. The molecule has 4 nitrogen and oxygen atoms in total. The molecular weight excluding hydrogens is 250 g/mol. The lowest BCUT2D eigenvalue weighted by atomic mass is 10.0. The van der Waals surface area contributed by atoms with Crippen molar-refractivity contribution < 1.29 is 14.7 Å². The summed E-state index contributed by atoms with van der Waals surface area (Å²) in [4.78, 5) is 24.2. The van der Waals surface area contributed by atoms with E-state index in [0.717, 1.165) is 17.7 Å². The minimum absolute atomic E-state index is 0.130. The molecule has 0 bridgehead atoms. The van der Waals surface area contributed by atoms with Gasteiger partial charge in [-0.25, -0.2) is 0 Å². The Morgan fingerprint density at radius 2 is 2.17 bits per heavy atom. The Hall–Kier alpha value is -1.49. The third-order valence-corrected chi connectivity index (χ3v) is 4.20. The summed E-state index contributed by atoms with van der Waals surface area (Å²) in [5.41, 5.74) is 2.22. The Labute approximate surface area is 110 Å². The number of likely N-dealkylation sites (N-methyl/N-ethyl adjacent to an activating group) is 1. The number of carbonyl (C=O) groups is 2. The molecule has 0 spiro atoms. The molecule has 0 saturated heterocycles. The number of carboxylic acid groups (broad SMARTS) is 1. The van der Waals surface area contributed by atoms with Crippen molar-refractivity contribution in [3.63, 3.8) is 0 Å². The molecule has 1 unspecified atom stereocenters. The molecule has 5 heteroatoms. The van der Waals surface area contributed by atoms with Crippen molar-refractivity contribution in [1.82, 2.24) is 4.90 Å². The van der Waals surface area contributed by atoms with E-state index in [-0.39, 0.29) is 17.7 Å². The van der Waals surface area contributed by atoms with Crippen molar-refractivity contribution >= 4 is 23.6 Å². The highest BCUT2D eigenvalue weighted by molar-refractivity contribution is 8.00. The highest BCUT2D eigenvalue weighted by atomic mass is 32.2. The van der Waals surface area contributed by atoms with Crippen LogP contribution in [0.15, 0.2) is 24.3 Å². The maximum atomic E-state index is 12.2. The van der Waals surface area contributed by atoms with E-state index in [1.54, 1.807) is 11.8 Å². The summed E-state index contributed by atoms with van der Waals surface area (Å²) >= 11 is 1.59. The lowest BCUT2D eigenvalue weighted by molar-refractivity contribution is -0.143. The summed E-state index contributed by atoms with van der Waals surface area (Å²) in [6.07, 6.45) is 0.966. The average Bonchev–Trinajstić information content (AvgIpc) is 2.36. The van der Waals surface area contributed by atoms with E-state index in [1.165, 1.54) is 17.5 Å². The van der Waals surface area contributed by atoms with Gasteiger partial charge in [-0.1, -0.05) is 24.3 Å². The monoisotopic (exact) mass is 265 g/mol. The van der Waals surface area contributed by atoms with Crippen LogP contribution in [0.3, 0.4) is 0 Å². The average molecular weight is 265 g/mol. The zero-order valence-electron chi connectivity index (χ0n) is 10.1. The first kappa shape index (κ1) is 13.0.